The van der Waals surface area contributed by atoms with E-state index in [0.717, 1.165) is 26.2 Å². The quantitative estimate of drug-likeness (QED) is 0.809. The highest BCUT2D eigenvalue weighted by molar-refractivity contribution is 5.85. The van der Waals surface area contributed by atoms with E-state index < -0.39 is 11.9 Å². The van der Waals surface area contributed by atoms with Gasteiger partial charge in [0.1, 0.15) is 0 Å². The standard InChI is InChI=1S/C18H28N2O3/c21-17(15-8-4-5-9-16(15)18(22)23)20-12-10-19(11-13-20)14-6-2-1-3-7-14/h4-5,14-16H,1-3,6-13H2,(H,22,23)/t15-,16-/m0/s1. The predicted octanol–water partition coefficient (Wildman–Crippen LogP) is 2.13. The van der Waals surface area contributed by atoms with Gasteiger partial charge in [-0.1, -0.05) is 31.4 Å². The molecule has 1 aliphatic heterocycles. The van der Waals surface area contributed by atoms with Crippen molar-refractivity contribution < 1.29 is 14.7 Å². The maximum absolute atomic E-state index is 12.8. The zero-order valence-corrected chi connectivity index (χ0v) is 13.8. The monoisotopic (exact) mass is 320 g/mol. The SMILES string of the molecule is O=C(O)[C@H]1CC=CC[C@@H]1C(=O)N1CCN(C2CCCCC2)CC1. The highest BCUT2D eigenvalue weighted by atomic mass is 16.4. The van der Waals surface area contributed by atoms with Crippen LogP contribution in [0.15, 0.2) is 12.2 Å². The summed E-state index contributed by atoms with van der Waals surface area (Å²) >= 11 is 0. The average molecular weight is 320 g/mol. The first-order valence-corrected chi connectivity index (χ1v) is 9.07. The molecule has 0 aromatic carbocycles. The van der Waals surface area contributed by atoms with Crippen molar-refractivity contribution in [3.63, 3.8) is 0 Å². The summed E-state index contributed by atoms with van der Waals surface area (Å²) in [6.45, 7) is 3.39. The highest BCUT2D eigenvalue weighted by Crippen LogP contribution is 2.29. The van der Waals surface area contributed by atoms with Crippen LogP contribution in [-0.4, -0.2) is 59.0 Å². The molecule has 3 aliphatic rings. The van der Waals surface area contributed by atoms with Crippen LogP contribution in [0.5, 0.6) is 0 Å². The fourth-order valence-electron chi connectivity index (χ4n) is 4.35. The second-order valence-corrected chi connectivity index (χ2v) is 7.15. The first-order chi connectivity index (χ1) is 11.2. The van der Waals surface area contributed by atoms with Crippen molar-refractivity contribution in [2.24, 2.45) is 11.8 Å². The van der Waals surface area contributed by atoms with Crippen molar-refractivity contribution >= 4 is 11.9 Å². The number of rotatable bonds is 3. The summed E-state index contributed by atoms with van der Waals surface area (Å²) in [4.78, 5) is 28.6. The Bertz CT molecular complexity index is 463. The third kappa shape index (κ3) is 3.77. The number of aliphatic carboxylic acids is 1. The molecule has 0 unspecified atom stereocenters. The minimum atomic E-state index is -0.839. The van der Waals surface area contributed by atoms with Crippen LogP contribution in [0.2, 0.25) is 0 Å². The van der Waals surface area contributed by atoms with Crippen LogP contribution < -0.4 is 0 Å². The van der Waals surface area contributed by atoms with E-state index in [1.54, 1.807) is 0 Å². The number of carboxylic acid groups (broad SMARTS) is 1. The molecule has 5 nitrogen and oxygen atoms in total. The molecule has 2 atom stereocenters. The predicted molar refractivity (Wildman–Crippen MR) is 88.0 cm³/mol. The van der Waals surface area contributed by atoms with Crippen LogP contribution in [0.25, 0.3) is 0 Å². The zero-order chi connectivity index (χ0) is 16.2. The molecule has 0 bridgehead atoms. The smallest absolute Gasteiger partial charge is 0.307 e. The van der Waals surface area contributed by atoms with Gasteiger partial charge in [0.25, 0.3) is 0 Å². The van der Waals surface area contributed by atoms with Crippen molar-refractivity contribution in [3.8, 4) is 0 Å². The van der Waals surface area contributed by atoms with E-state index in [0.29, 0.717) is 18.9 Å². The maximum atomic E-state index is 12.8. The number of carbonyl (C=O) groups is 2. The van der Waals surface area contributed by atoms with Gasteiger partial charge in [-0.2, -0.15) is 0 Å². The van der Waals surface area contributed by atoms with E-state index in [2.05, 4.69) is 4.90 Å². The van der Waals surface area contributed by atoms with Gasteiger partial charge in [0.05, 0.1) is 11.8 Å². The highest BCUT2D eigenvalue weighted by Gasteiger charge is 2.37. The lowest BCUT2D eigenvalue weighted by Gasteiger charge is -2.42. The molecular weight excluding hydrogens is 292 g/mol. The fourth-order valence-corrected chi connectivity index (χ4v) is 4.35. The van der Waals surface area contributed by atoms with Gasteiger partial charge in [0, 0.05) is 32.2 Å². The first kappa shape index (κ1) is 16.5. The summed E-state index contributed by atoms with van der Waals surface area (Å²) in [5.41, 5.74) is 0. The second kappa shape index (κ2) is 7.47. The Morgan fingerprint density at radius 1 is 0.870 bits per heavy atom. The molecule has 0 radical (unpaired) electrons. The van der Waals surface area contributed by atoms with E-state index in [1.165, 1.54) is 32.1 Å². The normalized spacial score (nSPS) is 30.3. The molecule has 1 saturated heterocycles. The lowest BCUT2D eigenvalue weighted by atomic mass is 9.82. The number of allylic oxidation sites excluding steroid dienone is 2. The Morgan fingerprint density at radius 3 is 2.09 bits per heavy atom. The summed E-state index contributed by atoms with van der Waals surface area (Å²) in [7, 11) is 0. The van der Waals surface area contributed by atoms with Gasteiger partial charge < -0.3 is 10.0 Å². The van der Waals surface area contributed by atoms with Crippen LogP contribution in [-0.2, 0) is 9.59 Å². The number of amides is 1. The maximum Gasteiger partial charge on any atom is 0.307 e. The molecule has 2 aliphatic carbocycles. The van der Waals surface area contributed by atoms with Crippen LogP contribution in [0.4, 0.5) is 0 Å². The van der Waals surface area contributed by atoms with Gasteiger partial charge in [-0.25, -0.2) is 0 Å². The van der Waals surface area contributed by atoms with Gasteiger partial charge in [-0.05, 0) is 25.7 Å². The largest absolute Gasteiger partial charge is 0.481 e. The fraction of sp³-hybridized carbons (Fsp3) is 0.778. The molecule has 2 fully saturated rings. The van der Waals surface area contributed by atoms with Gasteiger partial charge in [-0.3, -0.25) is 14.5 Å². The van der Waals surface area contributed by atoms with Gasteiger partial charge in [0.15, 0.2) is 0 Å². The summed E-state index contributed by atoms with van der Waals surface area (Å²) in [6, 6.07) is 0.699. The van der Waals surface area contributed by atoms with E-state index >= 15 is 0 Å². The molecule has 23 heavy (non-hydrogen) atoms. The Hall–Kier alpha value is -1.36. The van der Waals surface area contributed by atoms with Crippen molar-refractivity contribution in [3.05, 3.63) is 12.2 Å². The molecule has 128 valence electrons. The number of nitrogens with zero attached hydrogens (tertiary/aromatic N) is 2. The number of piperazine rings is 1. The van der Waals surface area contributed by atoms with Crippen molar-refractivity contribution in [2.45, 2.75) is 51.0 Å². The lowest BCUT2D eigenvalue weighted by Crippen LogP contribution is -2.54. The Balaban J connectivity index is 1.55. The third-order valence-corrected chi connectivity index (χ3v) is 5.78. The lowest BCUT2D eigenvalue weighted by molar-refractivity contribution is -0.151. The molecule has 1 saturated carbocycles. The minimum absolute atomic E-state index is 0.0463. The van der Waals surface area contributed by atoms with Crippen LogP contribution in [0.1, 0.15) is 44.9 Å². The zero-order valence-electron chi connectivity index (χ0n) is 13.8. The molecule has 5 heteroatoms. The molecular formula is C18H28N2O3. The molecule has 0 aromatic heterocycles. The number of carboxylic acids is 1. The van der Waals surface area contributed by atoms with Crippen molar-refractivity contribution in [2.75, 3.05) is 26.2 Å². The molecule has 1 amide bonds. The van der Waals surface area contributed by atoms with E-state index in [1.807, 2.05) is 17.1 Å². The van der Waals surface area contributed by atoms with Crippen molar-refractivity contribution in [1.29, 1.82) is 0 Å². The van der Waals surface area contributed by atoms with Crippen molar-refractivity contribution in [1.82, 2.24) is 9.80 Å². The van der Waals surface area contributed by atoms with E-state index in [9.17, 15) is 14.7 Å². The Morgan fingerprint density at radius 2 is 1.48 bits per heavy atom. The molecule has 0 spiro atoms. The summed E-state index contributed by atoms with van der Waals surface area (Å²) in [5.74, 6) is -1.72. The van der Waals surface area contributed by atoms with E-state index in [-0.39, 0.29) is 11.8 Å². The first-order valence-electron chi connectivity index (χ1n) is 9.07. The van der Waals surface area contributed by atoms with Crippen LogP contribution in [0, 0.1) is 11.8 Å². The van der Waals surface area contributed by atoms with Gasteiger partial charge in [0.2, 0.25) is 5.91 Å². The average Bonchev–Trinajstić information content (AvgIpc) is 2.62. The van der Waals surface area contributed by atoms with Crippen LogP contribution in [0.3, 0.4) is 0 Å². The molecule has 3 rings (SSSR count). The van der Waals surface area contributed by atoms with E-state index in [4.69, 9.17) is 0 Å². The second-order valence-electron chi connectivity index (χ2n) is 7.15. The Kier molecular flexibility index (Phi) is 5.36. The summed E-state index contributed by atoms with van der Waals surface area (Å²) < 4.78 is 0. The molecule has 1 N–H and O–H groups in total. The number of carbonyl (C=O) groups excluding carboxylic acids is 1. The molecule has 0 aromatic rings. The summed E-state index contributed by atoms with van der Waals surface area (Å²) in [6.07, 6.45) is 11.5. The Labute approximate surface area is 138 Å². The summed E-state index contributed by atoms with van der Waals surface area (Å²) in [5, 5.41) is 9.36. The van der Waals surface area contributed by atoms with Gasteiger partial charge in [-0.15, -0.1) is 0 Å². The number of hydrogen-bond acceptors (Lipinski definition) is 3. The topological polar surface area (TPSA) is 60.9 Å². The van der Waals surface area contributed by atoms with Gasteiger partial charge >= 0.3 is 5.97 Å². The third-order valence-electron chi connectivity index (χ3n) is 5.78. The number of hydrogen-bond donors (Lipinski definition) is 1. The minimum Gasteiger partial charge on any atom is -0.481 e. The van der Waals surface area contributed by atoms with Crippen LogP contribution >= 0.6 is 0 Å². The molecule has 1 heterocycles.